The van der Waals surface area contributed by atoms with Crippen molar-refractivity contribution in [2.24, 2.45) is 5.92 Å². The maximum atomic E-state index is 13.6. The third-order valence-electron chi connectivity index (χ3n) is 5.19. The van der Waals surface area contributed by atoms with Crippen molar-refractivity contribution >= 4 is 5.91 Å². The average Bonchev–Trinajstić information content (AvgIpc) is 2.90. The van der Waals surface area contributed by atoms with E-state index in [-0.39, 0.29) is 24.5 Å². The summed E-state index contributed by atoms with van der Waals surface area (Å²) in [5, 5.41) is 9.63. The summed E-state index contributed by atoms with van der Waals surface area (Å²) in [6.45, 7) is 4.88. The molecule has 2 aromatic carbocycles. The first-order chi connectivity index (χ1) is 11.6. The number of amides is 1. The summed E-state index contributed by atoms with van der Waals surface area (Å²) in [5.74, 6) is 0.204. The maximum Gasteiger partial charge on any atom is 0.238 e. The van der Waals surface area contributed by atoms with Crippen LogP contribution in [0, 0.1) is 5.92 Å². The summed E-state index contributed by atoms with van der Waals surface area (Å²) >= 11 is 0. The van der Waals surface area contributed by atoms with Crippen molar-refractivity contribution < 1.29 is 9.90 Å². The van der Waals surface area contributed by atoms with Gasteiger partial charge in [0.1, 0.15) is 5.41 Å². The summed E-state index contributed by atoms with van der Waals surface area (Å²) in [7, 11) is 0. The molecule has 1 fully saturated rings. The third kappa shape index (κ3) is 2.53. The summed E-state index contributed by atoms with van der Waals surface area (Å²) in [6, 6.07) is 20.2. The molecule has 0 unspecified atom stereocenters. The van der Waals surface area contributed by atoms with E-state index in [2.05, 4.69) is 13.8 Å². The van der Waals surface area contributed by atoms with E-state index in [1.165, 1.54) is 0 Å². The number of benzene rings is 2. The van der Waals surface area contributed by atoms with Crippen molar-refractivity contribution in [2.45, 2.75) is 31.7 Å². The highest BCUT2D eigenvalue weighted by Crippen LogP contribution is 2.47. The zero-order valence-electron chi connectivity index (χ0n) is 14.4. The van der Waals surface area contributed by atoms with Crippen LogP contribution in [0.2, 0.25) is 0 Å². The van der Waals surface area contributed by atoms with Gasteiger partial charge in [0.25, 0.3) is 0 Å². The fraction of sp³-hybridized carbons (Fsp3) is 0.381. The number of aliphatic hydroxyl groups excluding tert-OH is 1. The largest absolute Gasteiger partial charge is 0.396 e. The van der Waals surface area contributed by atoms with Crippen molar-refractivity contribution in [2.75, 3.05) is 13.2 Å². The van der Waals surface area contributed by atoms with Crippen molar-refractivity contribution in [1.82, 2.24) is 4.90 Å². The van der Waals surface area contributed by atoms with E-state index < -0.39 is 5.41 Å². The van der Waals surface area contributed by atoms with E-state index >= 15 is 0 Å². The predicted octanol–water partition coefficient (Wildman–Crippen LogP) is 3.22. The van der Waals surface area contributed by atoms with Crippen LogP contribution in [-0.2, 0) is 10.2 Å². The lowest BCUT2D eigenvalue weighted by molar-refractivity contribution is -0.132. The van der Waals surface area contributed by atoms with Crippen molar-refractivity contribution in [3.63, 3.8) is 0 Å². The van der Waals surface area contributed by atoms with Crippen LogP contribution in [0.3, 0.4) is 0 Å². The number of carbonyl (C=O) groups excluding carboxylic acids is 1. The molecule has 1 N–H and O–H groups in total. The monoisotopic (exact) mass is 323 g/mol. The van der Waals surface area contributed by atoms with Gasteiger partial charge in [0.05, 0.1) is 0 Å². The summed E-state index contributed by atoms with van der Waals surface area (Å²) in [4.78, 5) is 15.6. The molecule has 0 aromatic heterocycles. The van der Waals surface area contributed by atoms with Gasteiger partial charge in [-0.3, -0.25) is 4.79 Å². The molecule has 3 nitrogen and oxygen atoms in total. The van der Waals surface area contributed by atoms with E-state index in [0.29, 0.717) is 13.0 Å². The molecule has 1 heterocycles. The predicted molar refractivity (Wildman–Crippen MR) is 95.7 cm³/mol. The van der Waals surface area contributed by atoms with E-state index in [1.807, 2.05) is 65.6 Å². The zero-order valence-corrected chi connectivity index (χ0v) is 14.4. The number of hydrogen-bond acceptors (Lipinski definition) is 2. The molecule has 1 aliphatic heterocycles. The number of likely N-dealkylation sites (tertiary alicyclic amines) is 1. The van der Waals surface area contributed by atoms with Gasteiger partial charge in [-0.2, -0.15) is 0 Å². The minimum atomic E-state index is -0.713. The Balaban J connectivity index is 2.24. The first-order valence-electron chi connectivity index (χ1n) is 8.65. The molecule has 0 spiro atoms. The highest BCUT2D eigenvalue weighted by atomic mass is 16.3. The van der Waals surface area contributed by atoms with Gasteiger partial charge in [0.15, 0.2) is 0 Å². The lowest BCUT2D eigenvalue weighted by atomic mass is 9.66. The molecule has 3 heteroatoms. The Bertz CT molecular complexity index is 642. The van der Waals surface area contributed by atoms with Crippen LogP contribution in [0.15, 0.2) is 60.7 Å². The molecule has 1 amide bonds. The Kier molecular flexibility index (Phi) is 4.72. The number of rotatable bonds is 5. The lowest BCUT2D eigenvalue weighted by Crippen LogP contribution is -2.43. The average molecular weight is 323 g/mol. The Hall–Kier alpha value is -2.13. The van der Waals surface area contributed by atoms with Crippen LogP contribution in [-0.4, -0.2) is 35.1 Å². The molecule has 1 aliphatic rings. The smallest absolute Gasteiger partial charge is 0.238 e. The normalized spacial score (nSPS) is 19.9. The molecule has 3 rings (SSSR count). The SMILES string of the molecule is CC(C)N1C[C@H](CCO)C(c2ccccc2)(c2ccccc2)C1=O. The fourth-order valence-electron chi connectivity index (χ4n) is 4.05. The van der Waals surface area contributed by atoms with E-state index in [1.54, 1.807) is 0 Å². The third-order valence-corrected chi connectivity index (χ3v) is 5.19. The second-order valence-electron chi connectivity index (χ2n) is 6.80. The van der Waals surface area contributed by atoms with Crippen LogP contribution in [0.5, 0.6) is 0 Å². The highest BCUT2D eigenvalue weighted by molar-refractivity contribution is 5.95. The minimum Gasteiger partial charge on any atom is -0.396 e. The molecule has 126 valence electrons. The van der Waals surface area contributed by atoms with Crippen molar-refractivity contribution in [1.29, 1.82) is 0 Å². The van der Waals surface area contributed by atoms with Crippen LogP contribution >= 0.6 is 0 Å². The van der Waals surface area contributed by atoms with E-state index in [0.717, 1.165) is 11.1 Å². The summed E-state index contributed by atoms with van der Waals surface area (Å²) in [6.07, 6.45) is 0.610. The number of carbonyl (C=O) groups is 1. The quantitative estimate of drug-likeness (QED) is 0.918. The number of nitrogens with zero attached hydrogens (tertiary/aromatic N) is 1. The van der Waals surface area contributed by atoms with Gasteiger partial charge in [0, 0.05) is 25.1 Å². The molecular formula is C21H25NO2. The molecule has 0 saturated carbocycles. The van der Waals surface area contributed by atoms with Gasteiger partial charge < -0.3 is 10.0 Å². The Morgan fingerprint density at radius 1 is 1.04 bits per heavy atom. The Morgan fingerprint density at radius 3 is 1.96 bits per heavy atom. The molecule has 0 bridgehead atoms. The summed E-state index contributed by atoms with van der Waals surface area (Å²) < 4.78 is 0. The van der Waals surface area contributed by atoms with Gasteiger partial charge in [-0.1, -0.05) is 60.7 Å². The molecule has 0 aliphatic carbocycles. The van der Waals surface area contributed by atoms with Gasteiger partial charge in [0.2, 0.25) is 5.91 Å². The number of hydrogen-bond donors (Lipinski definition) is 1. The van der Waals surface area contributed by atoms with Gasteiger partial charge in [-0.15, -0.1) is 0 Å². The van der Waals surface area contributed by atoms with Gasteiger partial charge in [-0.05, 0) is 31.4 Å². The molecule has 24 heavy (non-hydrogen) atoms. The maximum absolute atomic E-state index is 13.6. The first kappa shape index (κ1) is 16.7. The Labute approximate surface area is 143 Å². The van der Waals surface area contributed by atoms with E-state index in [9.17, 15) is 9.90 Å². The molecule has 0 radical (unpaired) electrons. The van der Waals surface area contributed by atoms with Crippen LogP contribution in [0.1, 0.15) is 31.4 Å². The standard InChI is InChI=1S/C21H25NO2/c1-16(2)22-15-19(13-14-23)21(20(22)24,17-9-5-3-6-10-17)18-11-7-4-8-12-18/h3-12,16,19,23H,13-15H2,1-2H3/t19-/m0/s1. The topological polar surface area (TPSA) is 40.5 Å². The highest BCUT2D eigenvalue weighted by Gasteiger charge is 2.56. The van der Waals surface area contributed by atoms with Gasteiger partial charge >= 0.3 is 0 Å². The van der Waals surface area contributed by atoms with Crippen molar-refractivity contribution in [3.05, 3.63) is 71.8 Å². The Morgan fingerprint density at radius 2 is 1.54 bits per heavy atom. The second kappa shape index (κ2) is 6.78. The molecule has 1 saturated heterocycles. The fourth-order valence-corrected chi connectivity index (χ4v) is 4.05. The second-order valence-corrected chi connectivity index (χ2v) is 6.80. The van der Waals surface area contributed by atoms with Crippen molar-refractivity contribution in [3.8, 4) is 0 Å². The van der Waals surface area contributed by atoms with Gasteiger partial charge in [-0.25, -0.2) is 0 Å². The minimum absolute atomic E-state index is 0.0576. The zero-order chi connectivity index (χ0) is 17.2. The van der Waals surface area contributed by atoms with Crippen LogP contribution < -0.4 is 0 Å². The molecule has 2 aromatic rings. The first-order valence-corrected chi connectivity index (χ1v) is 8.65. The number of aliphatic hydroxyl groups is 1. The molecule has 1 atom stereocenters. The van der Waals surface area contributed by atoms with Crippen LogP contribution in [0.4, 0.5) is 0 Å². The van der Waals surface area contributed by atoms with E-state index in [4.69, 9.17) is 0 Å². The summed E-state index contributed by atoms with van der Waals surface area (Å²) in [5.41, 5.74) is 1.32. The molecular weight excluding hydrogens is 298 g/mol. The lowest BCUT2D eigenvalue weighted by Gasteiger charge is -2.34. The van der Waals surface area contributed by atoms with Crippen LogP contribution in [0.25, 0.3) is 0 Å².